The smallest absolute Gasteiger partial charge is 0.223 e. The zero-order valence-electron chi connectivity index (χ0n) is 11.4. The van der Waals surface area contributed by atoms with E-state index in [1.54, 1.807) is 6.92 Å². The van der Waals surface area contributed by atoms with Crippen LogP contribution in [0.2, 0.25) is 0 Å². The van der Waals surface area contributed by atoms with Crippen LogP contribution in [0, 0.1) is 13.8 Å². The summed E-state index contributed by atoms with van der Waals surface area (Å²) in [6.45, 7) is 7.10. The van der Waals surface area contributed by atoms with Crippen LogP contribution in [0.25, 0.3) is 0 Å². The van der Waals surface area contributed by atoms with E-state index in [1.807, 2.05) is 13.0 Å². The molecule has 2 aromatic heterocycles. The van der Waals surface area contributed by atoms with E-state index in [4.69, 9.17) is 4.52 Å². The fraction of sp³-hybridized carbons (Fsp3) is 0.500. The third-order valence-corrected chi connectivity index (χ3v) is 2.39. The quantitative estimate of drug-likeness (QED) is 0.821. The van der Waals surface area contributed by atoms with Crippen molar-refractivity contribution in [2.75, 3.05) is 17.2 Å². The summed E-state index contributed by atoms with van der Waals surface area (Å²) in [6, 6.07) is 1.87. The van der Waals surface area contributed by atoms with E-state index >= 15 is 0 Å². The Morgan fingerprint density at radius 1 is 1.11 bits per heavy atom. The molecule has 2 heterocycles. The number of hydrogen-bond donors (Lipinski definition) is 2. The van der Waals surface area contributed by atoms with Crippen molar-refractivity contribution in [2.45, 2.75) is 33.7 Å². The molecule has 0 radical (unpaired) electrons. The first-order chi connectivity index (χ1) is 9.17. The van der Waals surface area contributed by atoms with E-state index < -0.39 is 0 Å². The number of rotatable bonds is 6. The van der Waals surface area contributed by atoms with Gasteiger partial charge in [-0.25, -0.2) is 9.97 Å². The summed E-state index contributed by atoms with van der Waals surface area (Å²) in [7, 11) is 0. The van der Waals surface area contributed by atoms with Crippen LogP contribution in [0.15, 0.2) is 10.6 Å². The molecule has 0 amide bonds. The Morgan fingerprint density at radius 2 is 1.84 bits per heavy atom. The lowest BCUT2D eigenvalue weighted by Crippen LogP contribution is -2.08. The van der Waals surface area contributed by atoms with Gasteiger partial charge in [-0.05, 0) is 13.3 Å². The number of hydrogen-bond acceptors (Lipinski definition) is 7. The van der Waals surface area contributed by atoms with Crippen LogP contribution in [0.1, 0.15) is 30.9 Å². The molecule has 7 nitrogen and oxygen atoms in total. The molecule has 7 heteroatoms. The van der Waals surface area contributed by atoms with E-state index in [9.17, 15) is 0 Å². The Hall–Kier alpha value is -2.18. The summed E-state index contributed by atoms with van der Waals surface area (Å²) in [5.41, 5.74) is 0. The minimum atomic E-state index is 0.473. The van der Waals surface area contributed by atoms with Gasteiger partial charge < -0.3 is 15.2 Å². The molecule has 0 aliphatic carbocycles. The zero-order valence-corrected chi connectivity index (χ0v) is 11.4. The minimum Gasteiger partial charge on any atom is -0.370 e. The van der Waals surface area contributed by atoms with E-state index in [0.717, 1.165) is 24.6 Å². The Labute approximate surface area is 111 Å². The van der Waals surface area contributed by atoms with Crippen molar-refractivity contribution >= 4 is 11.6 Å². The molecular formula is C12H18N6O. The summed E-state index contributed by atoms with van der Waals surface area (Å²) in [5, 5.41) is 10.2. The van der Waals surface area contributed by atoms with Gasteiger partial charge in [0.05, 0.1) is 6.54 Å². The van der Waals surface area contributed by atoms with Gasteiger partial charge in [0.15, 0.2) is 5.82 Å². The monoisotopic (exact) mass is 262 g/mol. The second kappa shape index (κ2) is 6.12. The highest BCUT2D eigenvalue weighted by molar-refractivity contribution is 5.47. The first kappa shape index (κ1) is 13.3. The van der Waals surface area contributed by atoms with Crippen LogP contribution in [0.3, 0.4) is 0 Å². The van der Waals surface area contributed by atoms with Crippen LogP contribution in [0.4, 0.5) is 11.6 Å². The van der Waals surface area contributed by atoms with Crippen molar-refractivity contribution in [1.82, 2.24) is 20.1 Å². The normalized spacial score (nSPS) is 10.5. The molecule has 0 unspecified atom stereocenters. The molecule has 19 heavy (non-hydrogen) atoms. The minimum absolute atomic E-state index is 0.473. The predicted octanol–water partition coefficient (Wildman–Crippen LogP) is 1.91. The van der Waals surface area contributed by atoms with Crippen molar-refractivity contribution in [3.63, 3.8) is 0 Å². The number of anilines is 2. The average molecular weight is 262 g/mol. The Kier molecular flexibility index (Phi) is 4.27. The molecule has 0 saturated heterocycles. The fourth-order valence-corrected chi connectivity index (χ4v) is 1.58. The summed E-state index contributed by atoms with van der Waals surface area (Å²) in [5.74, 6) is 3.44. The Morgan fingerprint density at radius 3 is 2.47 bits per heavy atom. The number of nitrogens with zero attached hydrogens (tertiary/aromatic N) is 4. The van der Waals surface area contributed by atoms with Crippen molar-refractivity contribution in [3.05, 3.63) is 23.6 Å². The van der Waals surface area contributed by atoms with E-state index in [1.165, 1.54) is 0 Å². The highest BCUT2D eigenvalue weighted by atomic mass is 16.5. The molecule has 2 aromatic rings. The van der Waals surface area contributed by atoms with E-state index in [-0.39, 0.29) is 0 Å². The topological polar surface area (TPSA) is 88.8 Å². The van der Waals surface area contributed by atoms with Gasteiger partial charge in [0, 0.05) is 19.5 Å². The van der Waals surface area contributed by atoms with Crippen LogP contribution >= 0.6 is 0 Å². The third-order valence-electron chi connectivity index (χ3n) is 2.39. The number of nitrogens with one attached hydrogen (secondary N) is 2. The molecule has 0 bridgehead atoms. The molecular weight excluding hydrogens is 244 g/mol. The van der Waals surface area contributed by atoms with Gasteiger partial charge in [-0.15, -0.1) is 0 Å². The van der Waals surface area contributed by atoms with E-state index in [0.29, 0.717) is 24.1 Å². The number of aryl methyl sites for hydroxylation is 2. The maximum Gasteiger partial charge on any atom is 0.223 e. The van der Waals surface area contributed by atoms with Crippen LogP contribution < -0.4 is 10.6 Å². The standard InChI is InChI=1S/C12H18N6O/c1-4-5-13-10-6-11(16-8(2)15-10)14-7-12-17-9(3)19-18-12/h6H,4-5,7H2,1-3H3,(H2,13,14,15,16). The molecule has 0 aliphatic heterocycles. The zero-order chi connectivity index (χ0) is 13.7. The molecule has 0 spiro atoms. The maximum absolute atomic E-state index is 4.91. The lowest BCUT2D eigenvalue weighted by Gasteiger charge is -2.08. The molecule has 0 saturated carbocycles. The first-order valence-electron chi connectivity index (χ1n) is 6.30. The molecule has 102 valence electrons. The van der Waals surface area contributed by atoms with Crippen molar-refractivity contribution in [3.8, 4) is 0 Å². The first-order valence-corrected chi connectivity index (χ1v) is 6.30. The summed E-state index contributed by atoms with van der Waals surface area (Å²) >= 11 is 0. The SMILES string of the molecule is CCCNc1cc(NCc2noc(C)n2)nc(C)n1. The molecule has 0 aromatic carbocycles. The van der Waals surface area contributed by atoms with Gasteiger partial charge in [0.2, 0.25) is 5.89 Å². The summed E-state index contributed by atoms with van der Waals surface area (Å²) in [6.07, 6.45) is 1.05. The van der Waals surface area contributed by atoms with Gasteiger partial charge in [0.1, 0.15) is 17.5 Å². The van der Waals surface area contributed by atoms with Gasteiger partial charge in [-0.2, -0.15) is 4.98 Å². The highest BCUT2D eigenvalue weighted by Gasteiger charge is 2.04. The van der Waals surface area contributed by atoms with E-state index in [2.05, 4.69) is 37.7 Å². The van der Waals surface area contributed by atoms with Gasteiger partial charge in [0.25, 0.3) is 0 Å². The van der Waals surface area contributed by atoms with Gasteiger partial charge in [-0.1, -0.05) is 12.1 Å². The second-order valence-electron chi connectivity index (χ2n) is 4.20. The van der Waals surface area contributed by atoms with Crippen molar-refractivity contribution in [2.24, 2.45) is 0 Å². The number of aromatic nitrogens is 4. The average Bonchev–Trinajstić information content (AvgIpc) is 2.79. The maximum atomic E-state index is 4.91. The lowest BCUT2D eigenvalue weighted by molar-refractivity contribution is 0.388. The van der Waals surface area contributed by atoms with Crippen molar-refractivity contribution < 1.29 is 4.52 Å². The summed E-state index contributed by atoms with van der Waals surface area (Å²) < 4.78 is 4.91. The highest BCUT2D eigenvalue weighted by Crippen LogP contribution is 2.11. The van der Waals surface area contributed by atoms with Gasteiger partial charge in [-0.3, -0.25) is 0 Å². The largest absolute Gasteiger partial charge is 0.370 e. The van der Waals surface area contributed by atoms with Crippen LogP contribution in [0.5, 0.6) is 0 Å². The Balaban J connectivity index is 2.01. The molecule has 2 N–H and O–H groups in total. The summed E-state index contributed by atoms with van der Waals surface area (Å²) in [4.78, 5) is 12.8. The third kappa shape index (κ3) is 3.90. The molecule has 2 rings (SSSR count). The molecule has 0 fully saturated rings. The molecule has 0 atom stereocenters. The second-order valence-corrected chi connectivity index (χ2v) is 4.20. The van der Waals surface area contributed by atoms with Crippen molar-refractivity contribution in [1.29, 1.82) is 0 Å². The Bertz CT molecular complexity index is 539. The van der Waals surface area contributed by atoms with Crippen LogP contribution in [-0.4, -0.2) is 26.7 Å². The predicted molar refractivity (Wildman–Crippen MR) is 71.9 cm³/mol. The van der Waals surface area contributed by atoms with Crippen LogP contribution in [-0.2, 0) is 6.54 Å². The molecule has 0 aliphatic rings. The fourth-order valence-electron chi connectivity index (χ4n) is 1.58. The van der Waals surface area contributed by atoms with Gasteiger partial charge >= 0.3 is 0 Å². The lowest BCUT2D eigenvalue weighted by atomic mass is 10.4.